The second kappa shape index (κ2) is 9.47. The second-order valence-electron chi connectivity index (χ2n) is 7.66. The number of hydrogen-bond acceptors (Lipinski definition) is 5. The molecule has 8 nitrogen and oxygen atoms in total. The molecule has 1 aromatic carbocycles. The van der Waals surface area contributed by atoms with Gasteiger partial charge in [0.15, 0.2) is 0 Å². The molecule has 2 aromatic heterocycles. The molecule has 1 N–H and O–H groups in total. The Bertz CT molecular complexity index is 1150. The Balaban J connectivity index is 1.43. The Labute approximate surface area is 186 Å². The third-order valence-electron chi connectivity index (χ3n) is 5.58. The van der Waals surface area contributed by atoms with Crippen LogP contribution >= 0.6 is 0 Å². The van der Waals surface area contributed by atoms with E-state index >= 15 is 0 Å². The van der Waals surface area contributed by atoms with Gasteiger partial charge in [-0.25, -0.2) is 4.98 Å². The number of nitrogens with one attached hydrogen (secondary N) is 1. The summed E-state index contributed by atoms with van der Waals surface area (Å²) in [4.78, 5) is 46.6. The van der Waals surface area contributed by atoms with E-state index in [0.717, 1.165) is 5.82 Å². The summed E-state index contributed by atoms with van der Waals surface area (Å²) in [6, 6.07) is 17.8. The summed E-state index contributed by atoms with van der Waals surface area (Å²) in [7, 11) is 0. The zero-order chi connectivity index (χ0) is 22.5. The summed E-state index contributed by atoms with van der Waals surface area (Å²) >= 11 is 0. The molecule has 0 bridgehead atoms. The summed E-state index contributed by atoms with van der Waals surface area (Å²) in [6.45, 7) is 4.20. The highest BCUT2D eigenvalue weighted by molar-refractivity contribution is 6.04. The van der Waals surface area contributed by atoms with Crippen molar-refractivity contribution in [1.82, 2.24) is 14.5 Å². The van der Waals surface area contributed by atoms with Crippen LogP contribution in [0.1, 0.15) is 16.1 Å². The van der Waals surface area contributed by atoms with E-state index in [2.05, 4.69) is 15.2 Å². The van der Waals surface area contributed by atoms with Gasteiger partial charge in [-0.3, -0.25) is 14.4 Å². The fraction of sp³-hybridized carbons (Fsp3) is 0.250. The van der Waals surface area contributed by atoms with E-state index in [1.54, 1.807) is 54.4 Å². The Morgan fingerprint density at radius 2 is 1.66 bits per heavy atom. The second-order valence-corrected chi connectivity index (χ2v) is 7.66. The molecule has 0 aliphatic carbocycles. The van der Waals surface area contributed by atoms with Crippen LogP contribution in [0.25, 0.3) is 0 Å². The minimum atomic E-state index is -0.394. The van der Waals surface area contributed by atoms with E-state index in [1.807, 2.05) is 24.3 Å². The van der Waals surface area contributed by atoms with E-state index < -0.39 is 5.56 Å². The lowest BCUT2D eigenvalue weighted by atomic mass is 10.2. The molecular weight excluding hydrogens is 406 g/mol. The monoisotopic (exact) mass is 431 g/mol. The maximum Gasteiger partial charge on any atom is 0.274 e. The van der Waals surface area contributed by atoms with Crippen LogP contribution in [0, 0.1) is 6.92 Å². The van der Waals surface area contributed by atoms with Crippen molar-refractivity contribution < 1.29 is 9.59 Å². The zero-order valence-corrected chi connectivity index (χ0v) is 17.9. The number of carbonyl (C=O) groups excluding carboxylic acids is 2. The van der Waals surface area contributed by atoms with Crippen LogP contribution in [0.4, 0.5) is 11.5 Å². The summed E-state index contributed by atoms with van der Waals surface area (Å²) in [5, 5.41) is 2.66. The van der Waals surface area contributed by atoms with E-state index in [1.165, 1.54) is 4.57 Å². The van der Waals surface area contributed by atoms with Gasteiger partial charge in [0, 0.05) is 43.6 Å². The number of amides is 2. The Morgan fingerprint density at radius 1 is 0.938 bits per heavy atom. The SMILES string of the molecule is Cc1ccc(NC(=O)c2ccccc2)c(=O)n1CC(=O)N1CCN(c2ccccn2)CC1. The number of benzene rings is 1. The zero-order valence-electron chi connectivity index (χ0n) is 17.9. The molecule has 3 aromatic rings. The predicted molar refractivity (Wildman–Crippen MR) is 123 cm³/mol. The third-order valence-corrected chi connectivity index (χ3v) is 5.58. The maximum atomic E-state index is 13.0. The highest BCUT2D eigenvalue weighted by Gasteiger charge is 2.23. The molecule has 1 fully saturated rings. The number of pyridine rings is 2. The summed E-state index contributed by atoms with van der Waals surface area (Å²) < 4.78 is 1.41. The summed E-state index contributed by atoms with van der Waals surface area (Å²) in [5.41, 5.74) is 0.876. The number of carbonyl (C=O) groups is 2. The van der Waals surface area contributed by atoms with E-state index in [0.29, 0.717) is 37.4 Å². The van der Waals surface area contributed by atoms with Gasteiger partial charge in [0.1, 0.15) is 18.1 Å². The van der Waals surface area contributed by atoms with Crippen molar-refractivity contribution in [3.05, 3.63) is 88.5 Å². The lowest BCUT2D eigenvalue weighted by molar-refractivity contribution is -0.132. The first kappa shape index (κ1) is 21.3. The molecule has 4 rings (SSSR count). The molecule has 32 heavy (non-hydrogen) atoms. The number of hydrogen-bond donors (Lipinski definition) is 1. The Morgan fingerprint density at radius 3 is 2.34 bits per heavy atom. The topological polar surface area (TPSA) is 87.5 Å². The van der Waals surface area contributed by atoms with E-state index in [-0.39, 0.29) is 24.0 Å². The maximum absolute atomic E-state index is 13.0. The molecule has 1 aliphatic rings. The van der Waals surface area contributed by atoms with Gasteiger partial charge in [-0.2, -0.15) is 0 Å². The van der Waals surface area contributed by atoms with Crippen LogP contribution in [0.2, 0.25) is 0 Å². The lowest BCUT2D eigenvalue weighted by Gasteiger charge is -2.35. The van der Waals surface area contributed by atoms with Crippen molar-refractivity contribution in [2.24, 2.45) is 0 Å². The molecule has 0 atom stereocenters. The van der Waals surface area contributed by atoms with Crippen molar-refractivity contribution >= 4 is 23.3 Å². The molecular formula is C24H25N5O3. The molecule has 0 saturated carbocycles. The molecule has 0 unspecified atom stereocenters. The van der Waals surface area contributed by atoms with Gasteiger partial charge in [-0.05, 0) is 43.3 Å². The first-order valence-corrected chi connectivity index (χ1v) is 10.5. The summed E-state index contributed by atoms with van der Waals surface area (Å²) in [6.07, 6.45) is 1.76. The summed E-state index contributed by atoms with van der Waals surface area (Å²) in [5.74, 6) is 0.408. The largest absolute Gasteiger partial charge is 0.353 e. The molecule has 1 aliphatic heterocycles. The van der Waals surface area contributed by atoms with Crippen molar-refractivity contribution in [2.45, 2.75) is 13.5 Å². The number of piperazine rings is 1. The number of nitrogens with zero attached hydrogens (tertiary/aromatic N) is 4. The first-order valence-electron chi connectivity index (χ1n) is 10.5. The van der Waals surface area contributed by atoms with Gasteiger partial charge < -0.3 is 19.7 Å². The van der Waals surface area contributed by atoms with Gasteiger partial charge in [0.05, 0.1) is 0 Å². The van der Waals surface area contributed by atoms with Crippen molar-refractivity contribution in [3.8, 4) is 0 Å². The highest BCUT2D eigenvalue weighted by Crippen LogP contribution is 2.13. The van der Waals surface area contributed by atoms with Crippen molar-refractivity contribution in [3.63, 3.8) is 0 Å². The van der Waals surface area contributed by atoms with Gasteiger partial charge in [-0.1, -0.05) is 24.3 Å². The molecule has 0 spiro atoms. The Hall–Kier alpha value is -3.94. The minimum Gasteiger partial charge on any atom is -0.353 e. The fourth-order valence-electron chi connectivity index (χ4n) is 3.71. The minimum absolute atomic E-state index is 0.0662. The van der Waals surface area contributed by atoms with Crippen LogP contribution in [0.3, 0.4) is 0 Å². The van der Waals surface area contributed by atoms with Crippen LogP contribution in [0.15, 0.2) is 71.7 Å². The standard InChI is InChI=1S/C24H25N5O3/c1-18-10-11-20(26-23(31)19-7-3-2-4-8-19)24(32)29(18)17-22(30)28-15-13-27(14-16-28)21-9-5-6-12-25-21/h2-12H,13-17H2,1H3,(H,26,31). The number of rotatable bonds is 5. The van der Waals surface area contributed by atoms with Crippen LogP contribution in [-0.4, -0.2) is 52.4 Å². The van der Waals surface area contributed by atoms with Crippen LogP contribution < -0.4 is 15.8 Å². The van der Waals surface area contributed by atoms with Gasteiger partial charge in [0.2, 0.25) is 5.91 Å². The van der Waals surface area contributed by atoms with Crippen molar-refractivity contribution in [1.29, 1.82) is 0 Å². The first-order chi connectivity index (χ1) is 15.5. The fourth-order valence-corrected chi connectivity index (χ4v) is 3.71. The van der Waals surface area contributed by atoms with E-state index in [9.17, 15) is 14.4 Å². The van der Waals surface area contributed by atoms with E-state index in [4.69, 9.17) is 0 Å². The smallest absolute Gasteiger partial charge is 0.274 e. The third kappa shape index (κ3) is 4.69. The van der Waals surface area contributed by atoms with Crippen molar-refractivity contribution in [2.75, 3.05) is 36.4 Å². The van der Waals surface area contributed by atoms with Gasteiger partial charge >= 0.3 is 0 Å². The lowest BCUT2D eigenvalue weighted by Crippen LogP contribution is -2.50. The van der Waals surface area contributed by atoms with Crippen LogP contribution in [0.5, 0.6) is 0 Å². The molecule has 0 radical (unpaired) electrons. The Kier molecular flexibility index (Phi) is 6.30. The van der Waals surface area contributed by atoms with Gasteiger partial charge in [-0.15, -0.1) is 0 Å². The van der Waals surface area contributed by atoms with Gasteiger partial charge in [0.25, 0.3) is 11.5 Å². The number of anilines is 2. The predicted octanol–water partition coefficient (Wildman–Crippen LogP) is 2.15. The average Bonchev–Trinajstić information content (AvgIpc) is 2.84. The quantitative estimate of drug-likeness (QED) is 0.669. The average molecular weight is 431 g/mol. The molecule has 1 saturated heterocycles. The molecule has 2 amide bonds. The molecule has 8 heteroatoms. The normalized spacial score (nSPS) is 13.7. The highest BCUT2D eigenvalue weighted by atomic mass is 16.2. The van der Waals surface area contributed by atoms with Crippen LogP contribution in [-0.2, 0) is 11.3 Å². The molecule has 3 heterocycles. The number of aromatic nitrogens is 2. The molecule has 164 valence electrons. The number of aryl methyl sites for hydroxylation is 1.